The third-order valence-electron chi connectivity index (χ3n) is 2.01. The number of hydrogen-bond donors (Lipinski definition) is 1. The van der Waals surface area contributed by atoms with Crippen molar-refractivity contribution in [1.82, 2.24) is 0 Å². The molecular weight excluding hydrogens is 232 g/mol. The van der Waals surface area contributed by atoms with Crippen LogP contribution in [0.3, 0.4) is 0 Å². The van der Waals surface area contributed by atoms with Crippen LogP contribution in [0.15, 0.2) is 0 Å². The third-order valence-corrected chi connectivity index (χ3v) is 10.4. The van der Waals surface area contributed by atoms with E-state index in [-0.39, 0.29) is 12.4 Å². The molecule has 0 saturated carbocycles. The molecule has 0 aromatic rings. The molecule has 2 N–H and O–H groups in total. The van der Waals surface area contributed by atoms with Gasteiger partial charge in [0.25, 0.3) is 0 Å². The third kappa shape index (κ3) is 6.34. The number of hydrogen-bond acceptors (Lipinski definition) is 1. The summed E-state index contributed by atoms with van der Waals surface area (Å²) in [4.78, 5) is 0. The van der Waals surface area contributed by atoms with Crippen LogP contribution in [0.4, 0.5) is 0 Å². The van der Waals surface area contributed by atoms with Crippen LogP contribution in [0.2, 0.25) is 15.6 Å². The predicted octanol–water partition coefficient (Wildman–Crippen LogP) is 0.125. The topological polar surface area (TPSA) is 26.0 Å². The molecule has 0 fully saturated rings. The summed E-state index contributed by atoms with van der Waals surface area (Å²) in [5.74, 6) is 0. The van der Waals surface area contributed by atoms with Gasteiger partial charge in [-0.2, -0.15) is 0 Å². The van der Waals surface area contributed by atoms with Crippen molar-refractivity contribution in [3.8, 4) is 0 Å². The Hall–Kier alpha value is 0.808. The van der Waals surface area contributed by atoms with Crippen molar-refractivity contribution >= 4 is 13.8 Å². The number of nitrogens with two attached hydrogens (primary N) is 1. The van der Waals surface area contributed by atoms with E-state index in [4.69, 9.17) is 4.65 Å². The van der Waals surface area contributed by atoms with Crippen LogP contribution >= 0.6 is 0 Å². The molecule has 0 heterocycles. The summed E-state index contributed by atoms with van der Waals surface area (Å²) in [6.45, 7) is 6.77. The Morgan fingerprint density at radius 2 is 1.08 bits per heavy atom. The first kappa shape index (κ1) is 15.3. The summed E-state index contributed by atoms with van der Waals surface area (Å²) in [6.07, 6.45) is 3.89. The first-order chi connectivity index (χ1) is 5.18. The average molecular weight is 256 g/mol. The molecule has 0 atom stereocenters. The van der Waals surface area contributed by atoms with Crippen LogP contribution < -0.4 is 17.1 Å². The second-order valence-electron chi connectivity index (χ2n) is 3.39. The minimum absolute atomic E-state index is 0. The standard InChI is InChI=1S/C9H23AsN.ClH/c1-4-7-10(11,8-5-2)9-6-3;/h4-9,11H2,1-3H3;1H/q+1;/p-1. The van der Waals surface area contributed by atoms with E-state index in [1.807, 2.05) is 0 Å². The summed E-state index contributed by atoms with van der Waals surface area (Å²) in [6, 6.07) is 0. The summed E-state index contributed by atoms with van der Waals surface area (Å²) in [5.41, 5.74) is 0. The van der Waals surface area contributed by atoms with Gasteiger partial charge in [0, 0.05) is 0 Å². The number of halogens is 1. The van der Waals surface area contributed by atoms with Crippen LogP contribution in [-0.4, -0.2) is 13.8 Å². The van der Waals surface area contributed by atoms with E-state index < -0.39 is 13.8 Å². The van der Waals surface area contributed by atoms with E-state index in [0.717, 1.165) is 0 Å². The van der Waals surface area contributed by atoms with Crippen molar-refractivity contribution < 1.29 is 12.4 Å². The number of rotatable bonds is 6. The van der Waals surface area contributed by atoms with Gasteiger partial charge in [-0.25, -0.2) is 0 Å². The van der Waals surface area contributed by atoms with Crippen molar-refractivity contribution in [1.29, 1.82) is 0 Å². The zero-order valence-electron chi connectivity index (χ0n) is 8.65. The van der Waals surface area contributed by atoms with Gasteiger partial charge < -0.3 is 12.4 Å². The molecule has 0 rings (SSSR count). The van der Waals surface area contributed by atoms with Crippen molar-refractivity contribution in [2.75, 3.05) is 0 Å². The normalized spacial score (nSPS) is 11.0. The minimum atomic E-state index is -1.58. The van der Waals surface area contributed by atoms with Gasteiger partial charge in [-0.1, -0.05) is 0 Å². The molecule has 0 aliphatic rings. The van der Waals surface area contributed by atoms with Gasteiger partial charge in [-0.3, -0.25) is 0 Å². The van der Waals surface area contributed by atoms with Crippen molar-refractivity contribution in [3.05, 3.63) is 0 Å². The van der Waals surface area contributed by atoms with Gasteiger partial charge in [0.1, 0.15) is 0 Å². The van der Waals surface area contributed by atoms with Crippen LogP contribution in [-0.2, 0) is 0 Å². The monoisotopic (exact) mass is 255 g/mol. The van der Waals surface area contributed by atoms with Gasteiger partial charge >= 0.3 is 74.1 Å². The van der Waals surface area contributed by atoms with Crippen LogP contribution in [0.25, 0.3) is 0 Å². The molecule has 0 amide bonds. The zero-order chi connectivity index (χ0) is 8.74. The molecular formula is C9H23AsClN. The van der Waals surface area contributed by atoms with E-state index in [1.165, 1.54) is 34.9 Å². The van der Waals surface area contributed by atoms with Crippen molar-refractivity contribution in [2.45, 2.75) is 55.7 Å². The molecule has 0 aromatic carbocycles. The molecule has 0 bridgehead atoms. The molecule has 0 radical (unpaired) electrons. The fraction of sp³-hybridized carbons (Fsp3) is 1.00. The zero-order valence-corrected chi connectivity index (χ0v) is 11.3. The largest absolute Gasteiger partial charge is 1.00 e. The van der Waals surface area contributed by atoms with Gasteiger partial charge in [-0.15, -0.1) is 0 Å². The molecule has 0 aliphatic carbocycles. The van der Waals surface area contributed by atoms with Crippen LogP contribution in [0.1, 0.15) is 40.0 Å². The van der Waals surface area contributed by atoms with Gasteiger partial charge in [0.05, 0.1) is 0 Å². The Kier molecular flexibility index (Phi) is 10.7. The van der Waals surface area contributed by atoms with E-state index in [1.54, 1.807) is 0 Å². The average Bonchev–Trinajstić information content (AvgIpc) is 1.88. The Labute approximate surface area is 86.6 Å². The summed E-state index contributed by atoms with van der Waals surface area (Å²) in [7, 11) is 0. The maximum atomic E-state index is 6.40. The summed E-state index contributed by atoms with van der Waals surface area (Å²) in [5, 5.41) is 4.08. The van der Waals surface area contributed by atoms with Crippen molar-refractivity contribution in [3.63, 3.8) is 0 Å². The van der Waals surface area contributed by atoms with Crippen LogP contribution in [0, 0.1) is 0 Å². The molecule has 12 heavy (non-hydrogen) atoms. The van der Waals surface area contributed by atoms with Crippen molar-refractivity contribution in [2.24, 2.45) is 4.65 Å². The fourth-order valence-electron chi connectivity index (χ4n) is 1.67. The second-order valence-corrected chi connectivity index (χ2v) is 11.3. The maximum absolute atomic E-state index is 6.40. The maximum Gasteiger partial charge on any atom is -1.00 e. The Balaban J connectivity index is 0. The fourth-order valence-corrected chi connectivity index (χ4v) is 8.68. The Morgan fingerprint density at radius 1 is 0.833 bits per heavy atom. The van der Waals surface area contributed by atoms with Crippen LogP contribution in [0.5, 0.6) is 0 Å². The van der Waals surface area contributed by atoms with Gasteiger partial charge in [-0.05, 0) is 0 Å². The molecule has 0 aliphatic heterocycles. The molecule has 3 heteroatoms. The summed E-state index contributed by atoms with van der Waals surface area (Å²) < 4.78 is 6.40. The Morgan fingerprint density at radius 3 is 1.25 bits per heavy atom. The molecule has 1 nitrogen and oxygen atoms in total. The molecule has 76 valence electrons. The van der Waals surface area contributed by atoms with Gasteiger partial charge in [0.15, 0.2) is 0 Å². The van der Waals surface area contributed by atoms with Gasteiger partial charge in [0.2, 0.25) is 0 Å². The Bertz CT molecular complexity index is 81.5. The summed E-state index contributed by atoms with van der Waals surface area (Å²) >= 11 is -1.58. The minimum Gasteiger partial charge on any atom is -1.00 e. The first-order valence-corrected chi connectivity index (χ1v) is 9.89. The SMILES string of the molecule is CCC[As+](N)(CCC)CCC.[Cl-]. The first-order valence-electron chi connectivity index (χ1n) is 4.83. The quantitative estimate of drug-likeness (QED) is 0.671. The van der Waals surface area contributed by atoms with E-state index in [2.05, 4.69) is 20.8 Å². The molecule has 0 aromatic heterocycles. The smallest absolute Gasteiger partial charge is 1.00 e. The molecule has 0 spiro atoms. The molecule has 0 unspecified atom stereocenters. The van der Waals surface area contributed by atoms with E-state index >= 15 is 0 Å². The van der Waals surface area contributed by atoms with E-state index in [9.17, 15) is 0 Å². The molecule has 0 saturated heterocycles. The predicted molar refractivity (Wildman–Crippen MR) is 55.2 cm³/mol. The van der Waals surface area contributed by atoms with E-state index in [0.29, 0.717) is 0 Å². The second kappa shape index (κ2) is 8.41.